The van der Waals surface area contributed by atoms with Crippen molar-refractivity contribution in [2.45, 2.75) is 39.0 Å². The predicted octanol–water partition coefficient (Wildman–Crippen LogP) is 3.07. The van der Waals surface area contributed by atoms with Crippen LogP contribution in [-0.4, -0.2) is 87.1 Å². The third-order valence-corrected chi connectivity index (χ3v) is 8.88. The van der Waals surface area contributed by atoms with Crippen molar-refractivity contribution in [1.29, 1.82) is 0 Å². The van der Waals surface area contributed by atoms with Gasteiger partial charge in [-0.2, -0.15) is 0 Å². The Morgan fingerprint density at radius 1 is 1.05 bits per heavy atom. The quantitative estimate of drug-likeness (QED) is 0.523. The summed E-state index contributed by atoms with van der Waals surface area (Å²) in [5, 5.41) is 3.43. The molecule has 0 saturated carbocycles. The average Bonchev–Trinajstić information content (AvgIpc) is 2.90. The van der Waals surface area contributed by atoms with Gasteiger partial charge in [-0.05, 0) is 43.7 Å². The molecule has 0 aromatic heterocycles. The summed E-state index contributed by atoms with van der Waals surface area (Å²) in [6.45, 7) is 7.09. The Balaban J connectivity index is 0.00000420. The lowest BCUT2D eigenvalue weighted by Gasteiger charge is -2.39. The second kappa shape index (κ2) is 13.1. The van der Waals surface area contributed by atoms with E-state index in [-0.39, 0.29) is 54.7 Å². The highest BCUT2D eigenvalue weighted by atomic mass is 35.5. The van der Waals surface area contributed by atoms with Crippen LogP contribution in [0.25, 0.3) is 0 Å². The molecule has 1 N–H and O–H groups in total. The van der Waals surface area contributed by atoms with Crippen molar-refractivity contribution in [1.82, 2.24) is 15.1 Å². The molecule has 0 spiro atoms. The predicted molar refractivity (Wildman–Crippen MR) is 151 cm³/mol. The Labute approximate surface area is 235 Å². The van der Waals surface area contributed by atoms with E-state index >= 15 is 0 Å². The number of benzene rings is 2. The van der Waals surface area contributed by atoms with Crippen LogP contribution in [0.5, 0.6) is 0 Å². The zero-order valence-electron chi connectivity index (χ0n) is 22.4. The van der Waals surface area contributed by atoms with E-state index in [1.54, 1.807) is 0 Å². The van der Waals surface area contributed by atoms with Crippen LogP contribution in [0.4, 0.5) is 14.9 Å². The van der Waals surface area contributed by atoms with Crippen LogP contribution >= 0.6 is 12.4 Å². The number of carbonyl (C=O) groups is 2. The third kappa shape index (κ3) is 7.47. The number of anilines is 1. The van der Waals surface area contributed by atoms with E-state index in [9.17, 15) is 22.4 Å². The Bertz CT molecular complexity index is 1250. The molecule has 2 fully saturated rings. The van der Waals surface area contributed by atoms with Gasteiger partial charge in [0.05, 0.1) is 30.7 Å². The molecule has 0 bridgehead atoms. The summed E-state index contributed by atoms with van der Waals surface area (Å²) in [7, 11) is -1.95. The van der Waals surface area contributed by atoms with Crippen LogP contribution in [0.2, 0.25) is 0 Å². The van der Waals surface area contributed by atoms with Crippen molar-refractivity contribution < 1.29 is 27.1 Å². The number of nitrogens with one attached hydrogen (secondary N) is 1. The molecule has 2 heterocycles. The number of amides is 2. The Kier molecular flexibility index (Phi) is 10.3. The lowest BCUT2D eigenvalue weighted by atomic mass is 10.1. The third-order valence-electron chi connectivity index (χ3n) is 7.27. The zero-order valence-corrected chi connectivity index (χ0v) is 24.1. The number of ether oxygens (including phenoxy) is 1. The van der Waals surface area contributed by atoms with Gasteiger partial charge in [0, 0.05) is 56.1 Å². The van der Waals surface area contributed by atoms with Crippen LogP contribution in [0.3, 0.4) is 0 Å². The van der Waals surface area contributed by atoms with Crippen molar-refractivity contribution in [3.05, 3.63) is 65.0 Å². The molecule has 4 rings (SSSR count). The summed E-state index contributed by atoms with van der Waals surface area (Å²) in [5.41, 5.74) is 1.97. The van der Waals surface area contributed by atoms with Crippen LogP contribution < -0.4 is 10.2 Å². The summed E-state index contributed by atoms with van der Waals surface area (Å²) in [6.07, 6.45) is 0. The number of carbonyl (C=O) groups excluding carboxylic acids is 2. The zero-order chi connectivity index (χ0) is 27.4. The summed E-state index contributed by atoms with van der Waals surface area (Å²) in [4.78, 5) is 30.7. The SMILES string of the molecule is COC(=O)c1ccc(CN(C(=O)N2CCS(=O)(=O)CC2)c2ccc(CN3[C@H](C)CNC[C@@H]3C)cc2)c(F)c1.Cl. The molecule has 0 unspecified atom stereocenters. The Hall–Kier alpha value is -2.73. The van der Waals surface area contributed by atoms with Gasteiger partial charge in [0.1, 0.15) is 5.82 Å². The average molecular weight is 583 g/mol. The molecule has 39 heavy (non-hydrogen) atoms. The first kappa shape index (κ1) is 30.8. The molecule has 2 aromatic carbocycles. The minimum Gasteiger partial charge on any atom is -0.465 e. The molecule has 2 aliphatic heterocycles. The van der Waals surface area contributed by atoms with E-state index < -0.39 is 27.7 Å². The van der Waals surface area contributed by atoms with Crippen LogP contribution in [0, 0.1) is 5.82 Å². The molecule has 2 saturated heterocycles. The van der Waals surface area contributed by atoms with Crippen molar-refractivity contribution in [3.63, 3.8) is 0 Å². The second-order valence-electron chi connectivity index (χ2n) is 10.0. The normalized spacial score (nSPS) is 21.1. The van der Waals surface area contributed by atoms with Crippen molar-refractivity contribution in [3.8, 4) is 0 Å². The molecule has 2 aromatic rings. The second-order valence-corrected chi connectivity index (χ2v) is 12.3. The Morgan fingerprint density at radius 2 is 1.67 bits per heavy atom. The first-order valence-electron chi connectivity index (χ1n) is 12.8. The molecular weight excluding hydrogens is 547 g/mol. The number of hydrogen-bond acceptors (Lipinski definition) is 7. The fourth-order valence-electron chi connectivity index (χ4n) is 4.91. The van der Waals surface area contributed by atoms with Gasteiger partial charge >= 0.3 is 12.0 Å². The number of nitrogens with zero attached hydrogens (tertiary/aromatic N) is 3. The molecule has 2 amide bonds. The van der Waals surface area contributed by atoms with Crippen LogP contribution in [0.15, 0.2) is 42.5 Å². The monoisotopic (exact) mass is 582 g/mol. The fraction of sp³-hybridized carbons (Fsp3) is 0.481. The van der Waals surface area contributed by atoms with Crippen molar-refractivity contribution >= 4 is 39.9 Å². The standard InChI is InChI=1S/C27H35FN4O5S.ClH/c1-19-15-29-16-20(2)31(19)17-21-4-8-24(9-5-21)32(27(34)30-10-12-38(35,36)13-11-30)18-23-7-6-22(14-25(23)28)26(33)37-3;/h4-9,14,19-20,29H,10-13,15-18H2,1-3H3;1H/t19-,20+;. The lowest BCUT2D eigenvalue weighted by Crippen LogP contribution is -2.54. The van der Waals surface area contributed by atoms with E-state index in [1.807, 2.05) is 24.3 Å². The maximum atomic E-state index is 15.0. The van der Waals surface area contributed by atoms with E-state index in [0.29, 0.717) is 17.8 Å². The van der Waals surface area contributed by atoms with Crippen molar-refractivity contribution in [2.24, 2.45) is 0 Å². The molecule has 2 atom stereocenters. The lowest BCUT2D eigenvalue weighted by molar-refractivity contribution is 0.0600. The van der Waals surface area contributed by atoms with E-state index in [0.717, 1.165) is 31.3 Å². The minimum atomic E-state index is -3.17. The largest absolute Gasteiger partial charge is 0.465 e. The number of methoxy groups -OCH3 is 1. The van der Waals surface area contributed by atoms with E-state index in [1.165, 1.54) is 29.0 Å². The number of rotatable bonds is 6. The molecule has 214 valence electrons. The smallest absolute Gasteiger partial charge is 0.337 e. The number of urea groups is 1. The first-order chi connectivity index (χ1) is 18.1. The molecule has 9 nitrogen and oxygen atoms in total. The number of piperazine rings is 1. The van der Waals surface area contributed by atoms with Gasteiger partial charge in [0.25, 0.3) is 0 Å². The van der Waals surface area contributed by atoms with Gasteiger partial charge < -0.3 is 15.0 Å². The van der Waals surface area contributed by atoms with Gasteiger partial charge in [-0.25, -0.2) is 22.4 Å². The highest BCUT2D eigenvalue weighted by molar-refractivity contribution is 7.91. The minimum absolute atomic E-state index is 0. The molecule has 0 radical (unpaired) electrons. The topological polar surface area (TPSA) is 99.3 Å². The maximum Gasteiger partial charge on any atom is 0.337 e. The maximum absolute atomic E-state index is 15.0. The van der Waals surface area contributed by atoms with Gasteiger partial charge in [-0.1, -0.05) is 18.2 Å². The number of hydrogen-bond donors (Lipinski definition) is 1. The fourth-order valence-corrected chi connectivity index (χ4v) is 6.11. The summed E-state index contributed by atoms with van der Waals surface area (Å²) in [5.74, 6) is -1.49. The Morgan fingerprint density at radius 3 is 2.23 bits per heavy atom. The number of halogens is 2. The van der Waals surface area contributed by atoms with Gasteiger partial charge in [0.2, 0.25) is 0 Å². The number of esters is 1. The van der Waals surface area contributed by atoms with E-state index in [4.69, 9.17) is 0 Å². The highest BCUT2D eigenvalue weighted by Gasteiger charge is 2.30. The summed E-state index contributed by atoms with van der Waals surface area (Å²) >= 11 is 0. The molecule has 12 heteroatoms. The number of sulfone groups is 1. The molecular formula is C27H36ClFN4O5S. The first-order valence-corrected chi connectivity index (χ1v) is 14.6. The summed E-state index contributed by atoms with van der Waals surface area (Å²) in [6, 6.07) is 12.0. The van der Waals surface area contributed by atoms with Crippen LogP contribution in [0.1, 0.15) is 35.3 Å². The highest BCUT2D eigenvalue weighted by Crippen LogP contribution is 2.24. The van der Waals surface area contributed by atoms with E-state index in [2.05, 4.69) is 28.8 Å². The van der Waals surface area contributed by atoms with Gasteiger partial charge in [-0.15, -0.1) is 12.4 Å². The van der Waals surface area contributed by atoms with Gasteiger partial charge in [-0.3, -0.25) is 9.80 Å². The van der Waals surface area contributed by atoms with Gasteiger partial charge in [0.15, 0.2) is 9.84 Å². The van der Waals surface area contributed by atoms with Crippen LogP contribution in [-0.2, 0) is 27.7 Å². The summed E-state index contributed by atoms with van der Waals surface area (Å²) < 4.78 is 43.5. The van der Waals surface area contributed by atoms with Crippen molar-refractivity contribution in [2.75, 3.05) is 49.7 Å². The molecule has 0 aliphatic carbocycles. The molecule has 2 aliphatic rings.